The van der Waals surface area contributed by atoms with Crippen molar-refractivity contribution < 1.29 is 14.6 Å². The number of hydrogen-bond donors (Lipinski definition) is 1. The molecule has 0 saturated carbocycles. The second-order valence-electron chi connectivity index (χ2n) is 7.69. The van der Waals surface area contributed by atoms with E-state index < -0.39 is 5.97 Å². The highest BCUT2D eigenvalue weighted by Crippen LogP contribution is 2.25. The van der Waals surface area contributed by atoms with Gasteiger partial charge in [0.2, 0.25) is 0 Å². The molecule has 2 aromatic carbocycles. The van der Waals surface area contributed by atoms with Crippen LogP contribution in [0.1, 0.15) is 17.9 Å². The highest BCUT2D eigenvalue weighted by atomic mass is 16.5. The molecule has 0 spiro atoms. The molecule has 1 unspecified atom stereocenters. The van der Waals surface area contributed by atoms with Crippen LogP contribution in [0.4, 0.5) is 11.4 Å². The van der Waals surface area contributed by atoms with Crippen molar-refractivity contribution in [1.82, 2.24) is 4.98 Å². The van der Waals surface area contributed by atoms with Crippen LogP contribution < -0.4 is 14.5 Å². The van der Waals surface area contributed by atoms with Crippen LogP contribution in [0.5, 0.6) is 5.75 Å². The van der Waals surface area contributed by atoms with Crippen molar-refractivity contribution in [1.29, 1.82) is 0 Å². The molecule has 1 aromatic heterocycles. The first-order valence-electron chi connectivity index (χ1n) is 10.6. The summed E-state index contributed by atoms with van der Waals surface area (Å²) in [5.41, 5.74) is 3.37. The molecule has 1 atom stereocenters. The molecule has 160 valence electrons. The summed E-state index contributed by atoms with van der Waals surface area (Å²) in [6.45, 7) is 4.18. The number of rotatable bonds is 8. The fourth-order valence-corrected chi connectivity index (χ4v) is 3.94. The number of aromatic nitrogens is 1. The topological polar surface area (TPSA) is 65.9 Å². The highest BCUT2D eigenvalue weighted by Gasteiger charge is 2.18. The van der Waals surface area contributed by atoms with E-state index in [1.54, 1.807) is 0 Å². The lowest BCUT2D eigenvalue weighted by atomic mass is 9.97. The quantitative estimate of drug-likeness (QED) is 0.597. The Morgan fingerprint density at radius 1 is 0.871 bits per heavy atom. The first-order valence-corrected chi connectivity index (χ1v) is 10.6. The Morgan fingerprint density at radius 2 is 1.45 bits per heavy atom. The maximum Gasteiger partial charge on any atom is 0.304 e. The molecule has 6 nitrogen and oxygen atoms in total. The van der Waals surface area contributed by atoms with Gasteiger partial charge in [-0.1, -0.05) is 30.3 Å². The fraction of sp³-hybridized carbons (Fsp3) is 0.280. The molecule has 1 saturated heterocycles. The van der Waals surface area contributed by atoms with Gasteiger partial charge in [-0.15, -0.1) is 0 Å². The molecule has 1 aliphatic heterocycles. The monoisotopic (exact) mass is 417 g/mol. The van der Waals surface area contributed by atoms with E-state index in [9.17, 15) is 9.90 Å². The van der Waals surface area contributed by atoms with Crippen molar-refractivity contribution in [3.63, 3.8) is 0 Å². The number of hydrogen-bond acceptors (Lipinski definition) is 5. The molecule has 2 heterocycles. The van der Waals surface area contributed by atoms with Crippen molar-refractivity contribution in [2.24, 2.45) is 0 Å². The zero-order valence-corrected chi connectivity index (χ0v) is 17.4. The summed E-state index contributed by atoms with van der Waals surface area (Å²) in [4.78, 5) is 20.1. The van der Waals surface area contributed by atoms with Crippen LogP contribution in [-0.2, 0) is 4.79 Å². The lowest BCUT2D eigenvalue weighted by Gasteiger charge is -2.37. The predicted molar refractivity (Wildman–Crippen MR) is 122 cm³/mol. The first kappa shape index (κ1) is 20.7. The molecule has 31 heavy (non-hydrogen) atoms. The molecule has 3 aromatic rings. The van der Waals surface area contributed by atoms with Crippen LogP contribution in [-0.4, -0.2) is 48.8 Å². The first-order chi connectivity index (χ1) is 15.2. The van der Waals surface area contributed by atoms with E-state index in [2.05, 4.69) is 39.0 Å². The summed E-state index contributed by atoms with van der Waals surface area (Å²) < 4.78 is 5.94. The van der Waals surface area contributed by atoms with Crippen LogP contribution in [0.25, 0.3) is 0 Å². The molecule has 0 aliphatic carbocycles. The Kier molecular flexibility index (Phi) is 6.67. The minimum absolute atomic E-state index is 0.0455. The minimum atomic E-state index is -0.821. The van der Waals surface area contributed by atoms with E-state index in [-0.39, 0.29) is 12.3 Å². The van der Waals surface area contributed by atoms with E-state index in [1.165, 1.54) is 11.4 Å². The Balaban J connectivity index is 1.32. The van der Waals surface area contributed by atoms with Crippen LogP contribution in [0, 0.1) is 0 Å². The lowest BCUT2D eigenvalue weighted by molar-refractivity contribution is -0.137. The Morgan fingerprint density at radius 3 is 2.03 bits per heavy atom. The lowest BCUT2D eigenvalue weighted by Crippen LogP contribution is -2.46. The Bertz CT molecular complexity index is 956. The summed E-state index contributed by atoms with van der Waals surface area (Å²) in [6.07, 6.45) is 3.71. The van der Waals surface area contributed by atoms with Crippen LogP contribution >= 0.6 is 0 Å². The number of aliphatic carboxylic acids is 1. The number of anilines is 2. The summed E-state index contributed by atoms with van der Waals surface area (Å²) >= 11 is 0. The molecule has 1 N–H and O–H groups in total. The van der Waals surface area contributed by atoms with Crippen molar-refractivity contribution in [3.8, 4) is 5.75 Å². The van der Waals surface area contributed by atoms with E-state index >= 15 is 0 Å². The SMILES string of the molecule is O=C(O)CC(COc1ccc(N2CCN(c3ccncc3)CC2)cc1)c1ccccc1. The van der Waals surface area contributed by atoms with E-state index in [1.807, 2.05) is 54.9 Å². The van der Waals surface area contributed by atoms with Crippen molar-refractivity contribution >= 4 is 17.3 Å². The molecule has 0 radical (unpaired) electrons. The maximum atomic E-state index is 11.3. The number of piperazine rings is 1. The normalized spacial score (nSPS) is 14.8. The second kappa shape index (κ2) is 9.98. The van der Waals surface area contributed by atoms with Gasteiger partial charge in [0, 0.05) is 55.9 Å². The van der Waals surface area contributed by atoms with Gasteiger partial charge in [0.1, 0.15) is 5.75 Å². The van der Waals surface area contributed by atoms with Gasteiger partial charge in [-0.05, 0) is 42.0 Å². The number of benzene rings is 2. The van der Waals surface area contributed by atoms with Crippen LogP contribution in [0.15, 0.2) is 79.1 Å². The van der Waals surface area contributed by atoms with Crippen LogP contribution in [0.3, 0.4) is 0 Å². The molecule has 1 fully saturated rings. The average molecular weight is 418 g/mol. The van der Waals surface area contributed by atoms with Gasteiger partial charge in [-0.25, -0.2) is 0 Å². The van der Waals surface area contributed by atoms with Gasteiger partial charge in [-0.3, -0.25) is 9.78 Å². The zero-order chi connectivity index (χ0) is 21.5. The standard InChI is InChI=1S/C25H27N3O3/c29-25(30)18-21(20-4-2-1-3-5-20)19-31-24-8-6-22(7-9-24)27-14-16-28(17-15-27)23-10-12-26-13-11-23/h1-13,21H,14-19H2,(H,29,30). The second-order valence-corrected chi connectivity index (χ2v) is 7.69. The summed E-state index contributed by atoms with van der Waals surface area (Å²) in [7, 11) is 0. The Labute approximate surface area is 182 Å². The average Bonchev–Trinajstić information content (AvgIpc) is 2.83. The van der Waals surface area contributed by atoms with E-state index in [4.69, 9.17) is 4.74 Å². The molecule has 6 heteroatoms. The van der Waals surface area contributed by atoms with Crippen molar-refractivity contribution in [2.75, 3.05) is 42.6 Å². The van der Waals surface area contributed by atoms with Gasteiger partial charge in [0.25, 0.3) is 0 Å². The third-order valence-corrected chi connectivity index (χ3v) is 5.65. The van der Waals surface area contributed by atoms with Gasteiger partial charge in [0.15, 0.2) is 0 Å². The molecule has 1 aliphatic rings. The fourth-order valence-electron chi connectivity index (χ4n) is 3.94. The third-order valence-electron chi connectivity index (χ3n) is 5.65. The van der Waals surface area contributed by atoms with Gasteiger partial charge < -0.3 is 19.6 Å². The molecular formula is C25H27N3O3. The summed E-state index contributed by atoms with van der Waals surface area (Å²) in [6, 6.07) is 21.9. The molecular weight excluding hydrogens is 390 g/mol. The smallest absolute Gasteiger partial charge is 0.304 e. The number of nitrogens with zero attached hydrogens (tertiary/aromatic N) is 3. The highest BCUT2D eigenvalue weighted by molar-refractivity contribution is 5.68. The number of carboxylic acid groups (broad SMARTS) is 1. The predicted octanol–water partition coefficient (Wildman–Crippen LogP) is 4.05. The van der Waals surface area contributed by atoms with Gasteiger partial charge in [-0.2, -0.15) is 0 Å². The van der Waals surface area contributed by atoms with Crippen LogP contribution in [0.2, 0.25) is 0 Å². The number of ether oxygens (including phenoxy) is 1. The van der Waals surface area contributed by atoms with Gasteiger partial charge >= 0.3 is 5.97 Å². The summed E-state index contributed by atoms with van der Waals surface area (Å²) in [5, 5.41) is 9.25. The number of carbonyl (C=O) groups is 1. The van der Waals surface area contributed by atoms with E-state index in [0.29, 0.717) is 6.61 Å². The van der Waals surface area contributed by atoms with Gasteiger partial charge in [0.05, 0.1) is 13.0 Å². The third kappa shape index (κ3) is 5.54. The molecule has 0 amide bonds. The molecule has 0 bridgehead atoms. The Hall–Kier alpha value is -3.54. The minimum Gasteiger partial charge on any atom is -0.493 e. The van der Waals surface area contributed by atoms with E-state index in [0.717, 1.165) is 37.5 Å². The number of pyridine rings is 1. The molecule has 4 rings (SSSR count). The zero-order valence-electron chi connectivity index (χ0n) is 17.4. The summed E-state index contributed by atoms with van der Waals surface area (Å²) in [5.74, 6) is -0.246. The van der Waals surface area contributed by atoms with Crippen molar-refractivity contribution in [2.45, 2.75) is 12.3 Å². The largest absolute Gasteiger partial charge is 0.493 e. The number of carboxylic acids is 1. The van der Waals surface area contributed by atoms with Crippen molar-refractivity contribution in [3.05, 3.63) is 84.7 Å². The maximum absolute atomic E-state index is 11.3.